The second-order valence-corrected chi connectivity index (χ2v) is 5.48. The van der Waals surface area contributed by atoms with Gasteiger partial charge in [-0.2, -0.15) is 0 Å². The van der Waals surface area contributed by atoms with Crippen molar-refractivity contribution in [3.63, 3.8) is 0 Å². The highest BCUT2D eigenvalue weighted by atomic mass is 16.2. The number of carbonyl (C=O) groups is 1. The van der Waals surface area contributed by atoms with Crippen molar-refractivity contribution in [1.82, 2.24) is 30.3 Å². The minimum Gasteiger partial charge on any atom is -0.353 e. The Hall–Kier alpha value is -2.55. The first-order valence-electron chi connectivity index (χ1n) is 7.68. The third-order valence-electron chi connectivity index (χ3n) is 3.76. The van der Waals surface area contributed by atoms with Crippen molar-refractivity contribution in [3.05, 3.63) is 30.5 Å². The van der Waals surface area contributed by atoms with Gasteiger partial charge in [-0.3, -0.25) is 14.5 Å². The molecule has 0 radical (unpaired) electrons. The van der Waals surface area contributed by atoms with E-state index in [0.29, 0.717) is 25.3 Å². The predicted molar refractivity (Wildman–Crippen MR) is 83.8 cm³/mol. The third-order valence-corrected chi connectivity index (χ3v) is 3.76. The quantitative estimate of drug-likeness (QED) is 0.758. The number of aromatic nitrogens is 5. The number of nitrogens with two attached hydrogens (primary N) is 1. The van der Waals surface area contributed by atoms with Crippen LogP contribution in [0.1, 0.15) is 23.3 Å². The number of piperidine rings is 1. The topological polar surface area (TPSA) is 115 Å². The van der Waals surface area contributed by atoms with Gasteiger partial charge in [-0.25, -0.2) is 4.98 Å². The van der Waals surface area contributed by atoms with Crippen LogP contribution in [0.2, 0.25) is 0 Å². The summed E-state index contributed by atoms with van der Waals surface area (Å²) in [6, 6.07) is 0.0536. The molecule has 1 fully saturated rings. The van der Waals surface area contributed by atoms with Crippen LogP contribution < -0.4 is 16.0 Å². The Morgan fingerprint density at radius 3 is 3.13 bits per heavy atom. The number of hydrogen-bond donors (Lipinski definition) is 2. The van der Waals surface area contributed by atoms with E-state index in [4.69, 9.17) is 5.73 Å². The second-order valence-electron chi connectivity index (χ2n) is 5.48. The Balaban J connectivity index is 1.59. The van der Waals surface area contributed by atoms with Crippen molar-refractivity contribution in [2.75, 3.05) is 24.5 Å². The monoisotopic (exact) mass is 316 g/mol. The van der Waals surface area contributed by atoms with E-state index in [1.54, 1.807) is 29.5 Å². The van der Waals surface area contributed by atoms with Gasteiger partial charge in [-0.1, -0.05) is 5.21 Å². The zero-order chi connectivity index (χ0) is 16.1. The highest BCUT2D eigenvalue weighted by Crippen LogP contribution is 2.16. The molecule has 23 heavy (non-hydrogen) atoms. The number of carbonyl (C=O) groups excluding carboxylic acids is 1. The van der Waals surface area contributed by atoms with Crippen LogP contribution in [0.25, 0.3) is 0 Å². The van der Waals surface area contributed by atoms with E-state index in [1.807, 2.05) is 0 Å². The second kappa shape index (κ2) is 7.14. The standard InChI is InChI=1S/C14H20N8O/c15-3-7-22-10-12(19-20-22)14(23)18-11-2-1-6-21(9-11)13-8-16-4-5-17-13/h4-5,8,10-11H,1-3,6-7,9,15H2,(H,18,23). The maximum atomic E-state index is 12.3. The molecule has 3 N–H and O–H groups in total. The lowest BCUT2D eigenvalue weighted by atomic mass is 10.1. The maximum Gasteiger partial charge on any atom is 0.273 e. The molecule has 1 aliphatic heterocycles. The number of nitrogens with zero attached hydrogens (tertiary/aromatic N) is 6. The van der Waals surface area contributed by atoms with E-state index in [1.165, 1.54) is 0 Å². The van der Waals surface area contributed by atoms with Crippen LogP contribution in [0.15, 0.2) is 24.8 Å². The van der Waals surface area contributed by atoms with E-state index in [0.717, 1.165) is 25.2 Å². The van der Waals surface area contributed by atoms with Crippen molar-refractivity contribution in [1.29, 1.82) is 0 Å². The lowest BCUT2D eigenvalue weighted by Gasteiger charge is -2.33. The SMILES string of the molecule is NCCn1cc(C(=O)NC2CCCN(c3cnccn3)C2)nn1. The zero-order valence-corrected chi connectivity index (χ0v) is 12.8. The molecule has 9 nitrogen and oxygen atoms in total. The molecule has 122 valence electrons. The summed E-state index contributed by atoms with van der Waals surface area (Å²) in [6.07, 6.45) is 8.60. The molecule has 3 rings (SSSR count). The van der Waals surface area contributed by atoms with E-state index < -0.39 is 0 Å². The summed E-state index contributed by atoms with van der Waals surface area (Å²) >= 11 is 0. The van der Waals surface area contributed by atoms with Gasteiger partial charge in [0, 0.05) is 38.1 Å². The molecular weight excluding hydrogens is 296 g/mol. The normalized spacial score (nSPS) is 18.0. The van der Waals surface area contributed by atoms with E-state index in [2.05, 4.69) is 30.5 Å². The predicted octanol–water partition coefficient (Wildman–Crippen LogP) is -0.574. The molecule has 3 heterocycles. The zero-order valence-electron chi connectivity index (χ0n) is 12.8. The summed E-state index contributed by atoms with van der Waals surface area (Å²) in [5.41, 5.74) is 5.78. The first-order chi connectivity index (χ1) is 11.3. The van der Waals surface area contributed by atoms with Crippen molar-refractivity contribution in [2.45, 2.75) is 25.4 Å². The molecule has 2 aromatic heterocycles. The van der Waals surface area contributed by atoms with Crippen LogP contribution in [0.4, 0.5) is 5.82 Å². The Kier molecular flexibility index (Phi) is 4.77. The van der Waals surface area contributed by atoms with Crippen molar-refractivity contribution >= 4 is 11.7 Å². The molecule has 0 spiro atoms. The van der Waals surface area contributed by atoms with Crippen LogP contribution in [0, 0.1) is 0 Å². The first kappa shape index (κ1) is 15.3. The summed E-state index contributed by atoms with van der Waals surface area (Å²) < 4.78 is 1.57. The molecule has 2 aromatic rings. The minimum atomic E-state index is -0.209. The third kappa shape index (κ3) is 3.81. The molecule has 1 atom stereocenters. The van der Waals surface area contributed by atoms with E-state index in [-0.39, 0.29) is 11.9 Å². The van der Waals surface area contributed by atoms with E-state index >= 15 is 0 Å². The first-order valence-corrected chi connectivity index (χ1v) is 7.68. The average molecular weight is 316 g/mol. The van der Waals surface area contributed by atoms with Crippen LogP contribution in [0.5, 0.6) is 0 Å². The number of nitrogens with one attached hydrogen (secondary N) is 1. The highest BCUT2D eigenvalue weighted by Gasteiger charge is 2.23. The van der Waals surface area contributed by atoms with Gasteiger partial charge in [0.1, 0.15) is 5.82 Å². The molecule has 1 aliphatic rings. The largest absolute Gasteiger partial charge is 0.353 e. The Morgan fingerprint density at radius 1 is 1.43 bits per heavy atom. The van der Waals surface area contributed by atoms with Crippen molar-refractivity contribution < 1.29 is 4.79 Å². The van der Waals surface area contributed by atoms with Gasteiger partial charge in [0.15, 0.2) is 5.69 Å². The number of amides is 1. The molecule has 0 bridgehead atoms. The van der Waals surface area contributed by atoms with Crippen molar-refractivity contribution in [2.24, 2.45) is 5.73 Å². The molecule has 0 aromatic carbocycles. The van der Waals surface area contributed by atoms with E-state index in [9.17, 15) is 4.79 Å². The van der Waals surface area contributed by atoms with Crippen molar-refractivity contribution in [3.8, 4) is 0 Å². The molecule has 0 saturated carbocycles. The fourth-order valence-electron chi connectivity index (χ4n) is 2.66. The van der Waals surface area contributed by atoms with Crippen LogP contribution >= 0.6 is 0 Å². The van der Waals surface area contributed by atoms with Crippen LogP contribution in [-0.4, -0.2) is 56.5 Å². The summed E-state index contributed by atoms with van der Waals surface area (Å²) in [6.45, 7) is 2.63. The molecule has 1 unspecified atom stereocenters. The summed E-state index contributed by atoms with van der Waals surface area (Å²) in [5.74, 6) is 0.625. The van der Waals surface area contributed by atoms with Gasteiger partial charge < -0.3 is 16.0 Å². The summed E-state index contributed by atoms with van der Waals surface area (Å²) in [5, 5.41) is 10.8. The summed E-state index contributed by atoms with van der Waals surface area (Å²) in [4.78, 5) is 22.8. The molecule has 1 saturated heterocycles. The number of hydrogen-bond acceptors (Lipinski definition) is 7. The molecule has 1 amide bonds. The fourth-order valence-corrected chi connectivity index (χ4v) is 2.66. The smallest absolute Gasteiger partial charge is 0.273 e. The number of rotatable bonds is 5. The van der Waals surface area contributed by atoms with Gasteiger partial charge >= 0.3 is 0 Å². The van der Waals surface area contributed by atoms with Crippen LogP contribution in [0.3, 0.4) is 0 Å². The van der Waals surface area contributed by atoms with Gasteiger partial charge in [-0.15, -0.1) is 5.10 Å². The van der Waals surface area contributed by atoms with Gasteiger partial charge in [0.05, 0.1) is 18.9 Å². The lowest BCUT2D eigenvalue weighted by molar-refractivity contribution is 0.0928. The van der Waals surface area contributed by atoms with Crippen LogP contribution in [-0.2, 0) is 6.54 Å². The highest BCUT2D eigenvalue weighted by molar-refractivity contribution is 5.92. The molecule has 9 heteroatoms. The molecular formula is C14H20N8O. The fraction of sp³-hybridized carbons (Fsp3) is 0.500. The minimum absolute atomic E-state index is 0.0536. The Bertz CT molecular complexity index is 643. The Labute approximate surface area is 133 Å². The van der Waals surface area contributed by atoms with Gasteiger partial charge in [0.25, 0.3) is 5.91 Å². The van der Waals surface area contributed by atoms with Gasteiger partial charge in [-0.05, 0) is 12.8 Å². The van der Waals surface area contributed by atoms with Gasteiger partial charge in [0.2, 0.25) is 0 Å². The maximum absolute atomic E-state index is 12.3. The summed E-state index contributed by atoms with van der Waals surface area (Å²) in [7, 11) is 0. The number of anilines is 1. The Morgan fingerprint density at radius 2 is 2.35 bits per heavy atom. The average Bonchev–Trinajstić information content (AvgIpc) is 3.05. The molecule has 0 aliphatic carbocycles. The lowest BCUT2D eigenvalue weighted by Crippen LogP contribution is -2.48.